The molecule has 0 atom stereocenters. The first kappa shape index (κ1) is 27.9. The predicted molar refractivity (Wildman–Crippen MR) is 202 cm³/mol. The lowest BCUT2D eigenvalue weighted by molar-refractivity contribution is 0.670. The number of nitrogens with zero attached hydrogens (tertiary/aromatic N) is 1. The fourth-order valence-electron chi connectivity index (χ4n) is 7.07. The Morgan fingerprint density at radius 2 is 0.958 bits per heavy atom. The zero-order valence-corrected chi connectivity index (χ0v) is 26.3. The van der Waals surface area contributed by atoms with E-state index in [0.29, 0.717) is 0 Å². The molecule has 2 nitrogen and oxygen atoms in total. The first-order chi connectivity index (χ1) is 23.8. The molecule has 0 saturated carbocycles. The second-order valence-electron chi connectivity index (χ2n) is 12.1. The molecule has 0 N–H and O–H groups in total. The van der Waals surface area contributed by atoms with Gasteiger partial charge in [0.2, 0.25) is 0 Å². The van der Waals surface area contributed by atoms with E-state index < -0.39 is 0 Å². The Balaban J connectivity index is 1.40. The molecule has 0 aliphatic rings. The number of para-hydroxylation sites is 4. The van der Waals surface area contributed by atoms with E-state index in [1.165, 1.54) is 27.6 Å². The Labute approximate surface area is 279 Å². The van der Waals surface area contributed by atoms with Crippen molar-refractivity contribution in [2.45, 2.75) is 0 Å². The van der Waals surface area contributed by atoms with Crippen LogP contribution in [0.4, 0.5) is 17.1 Å². The van der Waals surface area contributed by atoms with Crippen LogP contribution in [-0.4, -0.2) is 0 Å². The highest BCUT2D eigenvalue weighted by Crippen LogP contribution is 2.50. The number of anilines is 3. The van der Waals surface area contributed by atoms with Gasteiger partial charge >= 0.3 is 0 Å². The molecule has 48 heavy (non-hydrogen) atoms. The first-order valence-electron chi connectivity index (χ1n) is 16.4. The van der Waals surface area contributed by atoms with Crippen molar-refractivity contribution in [2.24, 2.45) is 0 Å². The summed E-state index contributed by atoms with van der Waals surface area (Å²) in [4.78, 5) is 2.41. The van der Waals surface area contributed by atoms with Crippen LogP contribution in [0.15, 0.2) is 192 Å². The minimum atomic E-state index is 0.906. The van der Waals surface area contributed by atoms with Gasteiger partial charge in [-0.25, -0.2) is 0 Å². The number of furan rings is 1. The van der Waals surface area contributed by atoms with E-state index in [1.54, 1.807) is 0 Å². The molecule has 0 amide bonds. The molecule has 226 valence electrons. The van der Waals surface area contributed by atoms with Crippen LogP contribution in [0.25, 0.3) is 66.1 Å². The summed E-state index contributed by atoms with van der Waals surface area (Å²) in [6.07, 6.45) is 0. The summed E-state index contributed by atoms with van der Waals surface area (Å²) in [6.45, 7) is 0. The summed E-state index contributed by atoms with van der Waals surface area (Å²) >= 11 is 0. The lowest BCUT2D eigenvalue weighted by atomic mass is 9.87. The molecule has 0 radical (unpaired) electrons. The van der Waals surface area contributed by atoms with Crippen LogP contribution in [-0.2, 0) is 0 Å². The summed E-state index contributed by atoms with van der Waals surface area (Å²) in [6, 6.07) is 66.9. The molecule has 8 aromatic carbocycles. The fourth-order valence-corrected chi connectivity index (χ4v) is 7.07. The third-order valence-electron chi connectivity index (χ3n) is 9.23. The molecule has 1 heterocycles. The van der Waals surface area contributed by atoms with Crippen LogP contribution >= 0.6 is 0 Å². The number of hydrogen-bond acceptors (Lipinski definition) is 2. The summed E-state index contributed by atoms with van der Waals surface area (Å²) in [7, 11) is 0. The lowest BCUT2D eigenvalue weighted by Gasteiger charge is -2.31. The average molecular weight is 614 g/mol. The van der Waals surface area contributed by atoms with Gasteiger partial charge in [0.25, 0.3) is 0 Å². The van der Waals surface area contributed by atoms with Crippen molar-refractivity contribution in [3.63, 3.8) is 0 Å². The molecule has 0 aliphatic carbocycles. The predicted octanol–water partition coefficient (Wildman–Crippen LogP) is 13.2. The third-order valence-corrected chi connectivity index (χ3v) is 9.23. The molecule has 0 spiro atoms. The monoisotopic (exact) mass is 613 g/mol. The molecule has 0 saturated heterocycles. The normalized spacial score (nSPS) is 11.3. The van der Waals surface area contributed by atoms with Crippen molar-refractivity contribution in [1.29, 1.82) is 0 Å². The molecule has 0 aliphatic heterocycles. The number of fused-ring (bicyclic) bond motifs is 4. The number of benzene rings is 8. The van der Waals surface area contributed by atoms with Gasteiger partial charge in [-0.1, -0.05) is 146 Å². The maximum absolute atomic E-state index is 6.49. The van der Waals surface area contributed by atoms with Gasteiger partial charge in [-0.3, -0.25) is 0 Å². The Kier molecular flexibility index (Phi) is 6.84. The van der Waals surface area contributed by atoms with Crippen molar-refractivity contribution in [1.82, 2.24) is 0 Å². The van der Waals surface area contributed by atoms with E-state index in [1.807, 2.05) is 12.1 Å². The minimum absolute atomic E-state index is 0.906. The Morgan fingerprint density at radius 1 is 0.375 bits per heavy atom. The van der Waals surface area contributed by atoms with Crippen molar-refractivity contribution in [3.05, 3.63) is 188 Å². The molecular formula is C46H31NO. The quantitative estimate of drug-likeness (QED) is 0.185. The molecule has 0 unspecified atom stereocenters. The van der Waals surface area contributed by atoms with Crippen LogP contribution in [0.3, 0.4) is 0 Å². The maximum Gasteiger partial charge on any atom is 0.143 e. The van der Waals surface area contributed by atoms with E-state index in [9.17, 15) is 0 Å². The summed E-state index contributed by atoms with van der Waals surface area (Å²) in [5, 5.41) is 4.60. The molecular weight excluding hydrogens is 583 g/mol. The van der Waals surface area contributed by atoms with Crippen LogP contribution in [0.5, 0.6) is 0 Å². The van der Waals surface area contributed by atoms with Gasteiger partial charge in [-0.15, -0.1) is 0 Å². The SMILES string of the molecule is c1ccc(-c2cc3cc(-c4cccc5c4oc4ccccc45)ccc3c(N(c3ccccc3)c3ccccc3)c2-c2ccccc2)cc1. The Morgan fingerprint density at radius 3 is 1.65 bits per heavy atom. The summed E-state index contributed by atoms with van der Waals surface area (Å²) in [5.41, 5.74) is 12.1. The third kappa shape index (κ3) is 4.74. The second kappa shape index (κ2) is 11.8. The summed E-state index contributed by atoms with van der Waals surface area (Å²) < 4.78 is 6.49. The summed E-state index contributed by atoms with van der Waals surface area (Å²) in [5.74, 6) is 0. The van der Waals surface area contributed by atoms with Gasteiger partial charge in [-0.05, 0) is 70.1 Å². The fraction of sp³-hybridized carbons (Fsp3) is 0. The van der Waals surface area contributed by atoms with Crippen molar-refractivity contribution in [3.8, 4) is 33.4 Å². The van der Waals surface area contributed by atoms with Crippen LogP contribution in [0.2, 0.25) is 0 Å². The van der Waals surface area contributed by atoms with E-state index >= 15 is 0 Å². The van der Waals surface area contributed by atoms with Crippen LogP contribution < -0.4 is 4.90 Å². The van der Waals surface area contributed by atoms with Gasteiger partial charge in [-0.2, -0.15) is 0 Å². The van der Waals surface area contributed by atoms with Gasteiger partial charge in [0.1, 0.15) is 11.2 Å². The zero-order chi connectivity index (χ0) is 31.9. The standard InChI is InChI=1S/C46H31NO/c1-5-16-32(17-6-1)42-31-35-30-34(39-25-15-26-41-40-24-13-14-27-43(40)48-46(39)41)28-29-38(35)45(44(42)33-18-7-2-8-19-33)47(36-20-9-3-10-21-36)37-22-11-4-12-23-37/h1-31H. The smallest absolute Gasteiger partial charge is 0.143 e. The topological polar surface area (TPSA) is 16.4 Å². The Bertz CT molecular complexity index is 2500. The largest absolute Gasteiger partial charge is 0.455 e. The average Bonchev–Trinajstić information content (AvgIpc) is 3.55. The molecule has 1 aromatic heterocycles. The highest BCUT2D eigenvalue weighted by atomic mass is 16.3. The molecule has 9 aromatic rings. The van der Waals surface area contributed by atoms with E-state index in [0.717, 1.165) is 55.5 Å². The van der Waals surface area contributed by atoms with Crippen molar-refractivity contribution < 1.29 is 4.42 Å². The van der Waals surface area contributed by atoms with Gasteiger partial charge in [0.05, 0.1) is 5.69 Å². The number of hydrogen-bond donors (Lipinski definition) is 0. The van der Waals surface area contributed by atoms with E-state index in [4.69, 9.17) is 4.42 Å². The zero-order valence-electron chi connectivity index (χ0n) is 26.3. The number of rotatable bonds is 6. The van der Waals surface area contributed by atoms with E-state index in [-0.39, 0.29) is 0 Å². The van der Waals surface area contributed by atoms with Gasteiger partial charge in [0.15, 0.2) is 0 Å². The molecule has 2 heteroatoms. The molecule has 9 rings (SSSR count). The van der Waals surface area contributed by atoms with Crippen molar-refractivity contribution >= 4 is 49.8 Å². The highest BCUT2D eigenvalue weighted by molar-refractivity contribution is 6.14. The van der Waals surface area contributed by atoms with Crippen LogP contribution in [0, 0.1) is 0 Å². The lowest BCUT2D eigenvalue weighted by Crippen LogP contribution is -2.12. The second-order valence-corrected chi connectivity index (χ2v) is 12.1. The molecule has 0 bridgehead atoms. The Hall–Kier alpha value is -6.38. The van der Waals surface area contributed by atoms with Gasteiger partial charge in [0, 0.05) is 38.7 Å². The molecule has 0 fully saturated rings. The van der Waals surface area contributed by atoms with Crippen LogP contribution in [0.1, 0.15) is 0 Å². The van der Waals surface area contributed by atoms with Gasteiger partial charge < -0.3 is 9.32 Å². The first-order valence-corrected chi connectivity index (χ1v) is 16.4. The van der Waals surface area contributed by atoms with Crippen molar-refractivity contribution in [2.75, 3.05) is 4.90 Å². The minimum Gasteiger partial charge on any atom is -0.455 e. The highest BCUT2D eigenvalue weighted by Gasteiger charge is 2.24. The van der Waals surface area contributed by atoms with E-state index in [2.05, 4.69) is 181 Å². The maximum atomic E-state index is 6.49.